The SMILES string of the molecule is c1ccc(-c2ccc3c4cc(N(c5ccc6c7c(-c8ccccc8)cccc7n(-c7ccccc7)c6c5)c5ccccc5-c5ccccc5)ccc4n(-c4ccccc4)c3c2)cc1. The van der Waals surface area contributed by atoms with Gasteiger partial charge < -0.3 is 14.0 Å². The fourth-order valence-electron chi connectivity index (χ4n) is 9.68. The highest BCUT2D eigenvalue weighted by Gasteiger charge is 2.23. The van der Waals surface area contributed by atoms with Gasteiger partial charge in [-0.3, -0.25) is 0 Å². The van der Waals surface area contributed by atoms with E-state index < -0.39 is 0 Å². The molecule has 0 bridgehead atoms. The lowest BCUT2D eigenvalue weighted by Crippen LogP contribution is -2.11. The molecule has 0 aliphatic heterocycles. The van der Waals surface area contributed by atoms with Gasteiger partial charge in [-0.05, 0) is 101 Å². The minimum atomic E-state index is 1.07. The molecular formula is C60H41N3. The Hall–Kier alpha value is -8.40. The molecule has 0 N–H and O–H groups in total. The lowest BCUT2D eigenvalue weighted by Gasteiger charge is -2.28. The second-order valence-electron chi connectivity index (χ2n) is 16.1. The summed E-state index contributed by atoms with van der Waals surface area (Å²) in [7, 11) is 0. The van der Waals surface area contributed by atoms with Gasteiger partial charge in [0.15, 0.2) is 0 Å². The van der Waals surface area contributed by atoms with Crippen LogP contribution in [0.3, 0.4) is 0 Å². The van der Waals surface area contributed by atoms with Gasteiger partial charge in [0.05, 0.1) is 27.8 Å². The van der Waals surface area contributed by atoms with Gasteiger partial charge in [-0.1, -0.05) is 176 Å². The molecule has 2 heterocycles. The molecule has 296 valence electrons. The Bertz CT molecular complexity index is 3590. The van der Waals surface area contributed by atoms with E-state index >= 15 is 0 Å². The Kier molecular flexibility index (Phi) is 8.83. The number of para-hydroxylation sites is 3. The fourth-order valence-corrected chi connectivity index (χ4v) is 9.68. The molecular weight excluding hydrogens is 763 g/mol. The van der Waals surface area contributed by atoms with E-state index in [0.717, 1.165) is 45.0 Å². The molecule has 2 aromatic heterocycles. The van der Waals surface area contributed by atoms with E-state index in [1.54, 1.807) is 0 Å². The standard InChI is InChI=1S/C60H41N3/c1-6-19-42(20-7-1)45-33-36-52-54-40-48(35-38-56(54)62(58(52)39-45)46-25-12-4-13-26-46)61(55-31-17-16-29-50(55)43-21-8-2-9-22-43)49-34-37-53-59(41-49)63(47-27-14-5-15-28-47)57-32-18-30-51(60(53)57)44-23-10-3-11-24-44/h1-41H. The monoisotopic (exact) mass is 803 g/mol. The molecule has 10 aromatic carbocycles. The van der Waals surface area contributed by atoms with Gasteiger partial charge in [-0.15, -0.1) is 0 Å². The van der Waals surface area contributed by atoms with Crippen molar-refractivity contribution in [3.63, 3.8) is 0 Å². The zero-order chi connectivity index (χ0) is 41.7. The van der Waals surface area contributed by atoms with Gasteiger partial charge >= 0.3 is 0 Å². The number of aromatic nitrogens is 2. The molecule has 3 heteroatoms. The van der Waals surface area contributed by atoms with Gasteiger partial charge in [0, 0.05) is 49.9 Å². The summed E-state index contributed by atoms with van der Waals surface area (Å²) >= 11 is 0. The van der Waals surface area contributed by atoms with E-state index in [4.69, 9.17) is 0 Å². The normalized spacial score (nSPS) is 11.5. The number of fused-ring (bicyclic) bond motifs is 6. The topological polar surface area (TPSA) is 13.1 Å². The molecule has 3 nitrogen and oxygen atoms in total. The largest absolute Gasteiger partial charge is 0.310 e. The smallest absolute Gasteiger partial charge is 0.0562 e. The summed E-state index contributed by atoms with van der Waals surface area (Å²) in [6, 6.07) is 90.2. The molecule has 0 atom stereocenters. The summed E-state index contributed by atoms with van der Waals surface area (Å²) in [5, 5.41) is 4.86. The van der Waals surface area contributed by atoms with Gasteiger partial charge in [0.2, 0.25) is 0 Å². The highest BCUT2D eigenvalue weighted by atomic mass is 15.1. The van der Waals surface area contributed by atoms with Crippen molar-refractivity contribution >= 4 is 60.7 Å². The summed E-state index contributed by atoms with van der Waals surface area (Å²) in [6.45, 7) is 0. The number of nitrogens with zero attached hydrogens (tertiary/aromatic N) is 3. The third-order valence-electron chi connectivity index (χ3n) is 12.5. The summed E-state index contributed by atoms with van der Waals surface area (Å²) in [6.07, 6.45) is 0. The molecule has 12 aromatic rings. The van der Waals surface area contributed by atoms with Crippen LogP contribution in [0.25, 0.3) is 88.4 Å². The number of hydrogen-bond donors (Lipinski definition) is 0. The van der Waals surface area contributed by atoms with Crippen LogP contribution in [0.5, 0.6) is 0 Å². The second kappa shape index (κ2) is 15.3. The molecule has 0 spiro atoms. The van der Waals surface area contributed by atoms with Crippen LogP contribution in [-0.4, -0.2) is 9.13 Å². The van der Waals surface area contributed by atoms with Crippen LogP contribution in [0.1, 0.15) is 0 Å². The summed E-state index contributed by atoms with van der Waals surface area (Å²) < 4.78 is 4.85. The molecule has 12 rings (SSSR count). The van der Waals surface area contributed by atoms with Crippen LogP contribution >= 0.6 is 0 Å². The van der Waals surface area contributed by atoms with Crippen LogP contribution in [0.4, 0.5) is 17.1 Å². The van der Waals surface area contributed by atoms with Crippen molar-refractivity contribution in [1.82, 2.24) is 9.13 Å². The molecule has 0 saturated carbocycles. The first-order valence-corrected chi connectivity index (χ1v) is 21.6. The van der Waals surface area contributed by atoms with Crippen molar-refractivity contribution in [3.8, 4) is 44.8 Å². The number of benzene rings is 10. The number of rotatable bonds is 8. The van der Waals surface area contributed by atoms with Crippen molar-refractivity contribution in [2.24, 2.45) is 0 Å². The molecule has 0 radical (unpaired) electrons. The van der Waals surface area contributed by atoms with Gasteiger partial charge in [-0.25, -0.2) is 0 Å². The molecule has 0 amide bonds. The lowest BCUT2D eigenvalue weighted by molar-refractivity contribution is 1.17. The molecule has 63 heavy (non-hydrogen) atoms. The lowest BCUT2D eigenvalue weighted by atomic mass is 9.99. The third kappa shape index (κ3) is 6.21. The maximum absolute atomic E-state index is 2.45. The zero-order valence-corrected chi connectivity index (χ0v) is 34.5. The minimum absolute atomic E-state index is 1.07. The summed E-state index contributed by atoms with van der Waals surface area (Å²) in [5.74, 6) is 0. The fraction of sp³-hybridized carbons (Fsp3) is 0. The number of hydrogen-bond acceptors (Lipinski definition) is 1. The van der Waals surface area contributed by atoms with Crippen LogP contribution in [0.2, 0.25) is 0 Å². The predicted octanol–water partition coefficient (Wildman–Crippen LogP) is 16.4. The Morgan fingerprint density at radius 3 is 1.46 bits per heavy atom. The summed E-state index contributed by atoms with van der Waals surface area (Å²) in [5.41, 5.74) is 17.3. The Balaban J connectivity index is 1.14. The molecule has 0 aliphatic carbocycles. The van der Waals surface area contributed by atoms with Crippen molar-refractivity contribution in [2.75, 3.05) is 4.90 Å². The highest BCUT2D eigenvalue weighted by molar-refractivity contribution is 6.17. The quantitative estimate of drug-likeness (QED) is 0.149. The Labute approximate surface area is 366 Å². The molecule has 0 unspecified atom stereocenters. The Morgan fingerprint density at radius 2 is 0.778 bits per heavy atom. The van der Waals surface area contributed by atoms with E-state index in [0.29, 0.717) is 0 Å². The minimum Gasteiger partial charge on any atom is -0.310 e. The maximum atomic E-state index is 2.45. The van der Waals surface area contributed by atoms with E-state index in [1.165, 1.54) is 60.4 Å². The van der Waals surface area contributed by atoms with Crippen molar-refractivity contribution in [3.05, 3.63) is 249 Å². The predicted molar refractivity (Wildman–Crippen MR) is 266 cm³/mol. The van der Waals surface area contributed by atoms with Crippen molar-refractivity contribution < 1.29 is 0 Å². The Morgan fingerprint density at radius 1 is 0.270 bits per heavy atom. The van der Waals surface area contributed by atoms with Crippen LogP contribution in [-0.2, 0) is 0 Å². The van der Waals surface area contributed by atoms with Crippen LogP contribution in [0.15, 0.2) is 249 Å². The first-order chi connectivity index (χ1) is 31.3. The van der Waals surface area contributed by atoms with Gasteiger partial charge in [0.1, 0.15) is 0 Å². The van der Waals surface area contributed by atoms with E-state index in [9.17, 15) is 0 Å². The van der Waals surface area contributed by atoms with Crippen molar-refractivity contribution in [1.29, 1.82) is 0 Å². The molecule has 0 saturated heterocycles. The average molecular weight is 804 g/mol. The molecule has 0 aliphatic rings. The van der Waals surface area contributed by atoms with Gasteiger partial charge in [0.25, 0.3) is 0 Å². The highest BCUT2D eigenvalue weighted by Crippen LogP contribution is 2.46. The van der Waals surface area contributed by atoms with E-state index in [2.05, 4.69) is 263 Å². The van der Waals surface area contributed by atoms with E-state index in [1.807, 2.05) is 0 Å². The maximum Gasteiger partial charge on any atom is 0.0562 e. The second-order valence-corrected chi connectivity index (χ2v) is 16.1. The third-order valence-corrected chi connectivity index (χ3v) is 12.5. The van der Waals surface area contributed by atoms with Gasteiger partial charge in [-0.2, -0.15) is 0 Å². The zero-order valence-electron chi connectivity index (χ0n) is 34.5. The van der Waals surface area contributed by atoms with Crippen molar-refractivity contribution in [2.45, 2.75) is 0 Å². The van der Waals surface area contributed by atoms with Crippen LogP contribution < -0.4 is 4.90 Å². The van der Waals surface area contributed by atoms with E-state index in [-0.39, 0.29) is 0 Å². The first-order valence-electron chi connectivity index (χ1n) is 21.6. The summed E-state index contributed by atoms with van der Waals surface area (Å²) in [4.78, 5) is 2.45. The van der Waals surface area contributed by atoms with Crippen LogP contribution in [0, 0.1) is 0 Å². The first kappa shape index (κ1) is 36.5. The average Bonchev–Trinajstić information content (AvgIpc) is 3.87. The molecule has 0 fully saturated rings. The number of anilines is 3.